The molecule has 3 aromatic carbocycles. The number of aliphatic hydroxyl groups excluding tert-OH is 1. The Bertz CT molecular complexity index is 1270. The molecule has 1 fully saturated rings. The zero-order valence-corrected chi connectivity index (χ0v) is 20.0. The van der Waals surface area contributed by atoms with Crippen molar-refractivity contribution in [3.8, 4) is 11.1 Å². The fourth-order valence-electron chi connectivity index (χ4n) is 4.95. The lowest BCUT2D eigenvalue weighted by molar-refractivity contribution is 0.120. The van der Waals surface area contributed by atoms with Gasteiger partial charge in [-0.25, -0.2) is 17.9 Å². The third-order valence-electron chi connectivity index (χ3n) is 6.77. The maximum Gasteiger partial charge on any atom is 0.411 e. The molecule has 0 heterocycles. The summed E-state index contributed by atoms with van der Waals surface area (Å²) >= 11 is 0. The first-order chi connectivity index (χ1) is 16.9. The SMILES string of the molecule is O=C(Nc1ccc(S(=O)(=O)NC2CCC(O)CC2)cc1)OCC1c2ccccc2-c2ccccc21. The minimum absolute atomic E-state index is 0.0346. The van der Waals surface area contributed by atoms with Crippen molar-refractivity contribution < 1.29 is 23.1 Å². The molecule has 0 bridgehead atoms. The lowest BCUT2D eigenvalue weighted by Gasteiger charge is -2.26. The van der Waals surface area contributed by atoms with Crippen LogP contribution >= 0.6 is 0 Å². The van der Waals surface area contributed by atoms with Gasteiger partial charge in [-0.05, 0) is 72.2 Å². The number of aliphatic hydroxyl groups is 1. The Morgan fingerprint density at radius 1 is 0.857 bits per heavy atom. The first kappa shape index (κ1) is 23.5. The summed E-state index contributed by atoms with van der Waals surface area (Å²) in [6.45, 7) is 0.201. The number of ether oxygens (including phenoxy) is 1. The zero-order valence-electron chi connectivity index (χ0n) is 19.2. The Balaban J connectivity index is 1.19. The third kappa shape index (κ3) is 5.10. The van der Waals surface area contributed by atoms with Gasteiger partial charge in [0.2, 0.25) is 10.0 Å². The quantitative estimate of drug-likeness (QED) is 0.465. The van der Waals surface area contributed by atoms with E-state index in [2.05, 4.69) is 34.3 Å². The molecule has 3 N–H and O–H groups in total. The normalized spacial score (nSPS) is 19.6. The second-order valence-electron chi connectivity index (χ2n) is 9.10. The van der Waals surface area contributed by atoms with Gasteiger partial charge in [-0.3, -0.25) is 5.32 Å². The van der Waals surface area contributed by atoms with Crippen LogP contribution in [0.1, 0.15) is 42.7 Å². The Morgan fingerprint density at radius 2 is 1.43 bits per heavy atom. The molecule has 7 nitrogen and oxygen atoms in total. The molecular formula is C27H28N2O5S. The van der Waals surface area contributed by atoms with Crippen molar-refractivity contribution in [2.24, 2.45) is 0 Å². The molecule has 2 aliphatic carbocycles. The first-order valence-corrected chi connectivity index (χ1v) is 13.3. The maximum absolute atomic E-state index is 12.7. The van der Waals surface area contributed by atoms with Crippen LogP contribution in [0.15, 0.2) is 77.7 Å². The number of fused-ring (bicyclic) bond motifs is 3. The van der Waals surface area contributed by atoms with Crippen LogP contribution in [-0.2, 0) is 14.8 Å². The van der Waals surface area contributed by atoms with E-state index >= 15 is 0 Å². The van der Waals surface area contributed by atoms with E-state index in [9.17, 15) is 18.3 Å². The summed E-state index contributed by atoms with van der Waals surface area (Å²) in [4.78, 5) is 12.6. The molecule has 0 spiro atoms. The molecule has 0 saturated heterocycles. The molecule has 0 aromatic heterocycles. The highest BCUT2D eigenvalue weighted by atomic mass is 32.2. The van der Waals surface area contributed by atoms with Crippen molar-refractivity contribution in [3.63, 3.8) is 0 Å². The van der Waals surface area contributed by atoms with Crippen LogP contribution in [-0.4, -0.2) is 38.4 Å². The fourth-order valence-corrected chi connectivity index (χ4v) is 6.26. The molecule has 0 radical (unpaired) electrons. The number of hydrogen-bond acceptors (Lipinski definition) is 5. The minimum atomic E-state index is -3.68. The average Bonchev–Trinajstić information content (AvgIpc) is 3.18. The van der Waals surface area contributed by atoms with E-state index in [1.165, 1.54) is 12.1 Å². The molecule has 2 aliphatic rings. The molecule has 1 amide bonds. The molecule has 3 aromatic rings. The number of benzene rings is 3. The van der Waals surface area contributed by atoms with E-state index in [-0.39, 0.29) is 29.6 Å². The van der Waals surface area contributed by atoms with E-state index in [0.29, 0.717) is 31.4 Å². The van der Waals surface area contributed by atoms with Crippen molar-refractivity contribution >= 4 is 21.8 Å². The molecule has 5 rings (SSSR count). The lowest BCUT2D eigenvalue weighted by Crippen LogP contribution is -2.38. The number of anilines is 1. The van der Waals surface area contributed by atoms with Gasteiger partial charge >= 0.3 is 6.09 Å². The van der Waals surface area contributed by atoms with E-state index in [0.717, 1.165) is 22.3 Å². The van der Waals surface area contributed by atoms with E-state index in [1.807, 2.05) is 24.3 Å². The number of amides is 1. The molecule has 0 unspecified atom stereocenters. The van der Waals surface area contributed by atoms with Crippen LogP contribution < -0.4 is 10.0 Å². The number of nitrogens with one attached hydrogen (secondary N) is 2. The van der Waals surface area contributed by atoms with Crippen LogP contribution in [0.3, 0.4) is 0 Å². The molecule has 182 valence electrons. The summed E-state index contributed by atoms with van der Waals surface area (Å²) in [6.07, 6.45) is 1.47. The van der Waals surface area contributed by atoms with Gasteiger partial charge in [0, 0.05) is 17.6 Å². The highest BCUT2D eigenvalue weighted by Gasteiger charge is 2.29. The van der Waals surface area contributed by atoms with Crippen LogP contribution in [0.4, 0.5) is 10.5 Å². The van der Waals surface area contributed by atoms with Gasteiger partial charge in [-0.1, -0.05) is 48.5 Å². The predicted octanol–water partition coefficient (Wildman–Crippen LogP) is 4.63. The first-order valence-electron chi connectivity index (χ1n) is 11.8. The minimum Gasteiger partial charge on any atom is -0.448 e. The molecular weight excluding hydrogens is 464 g/mol. The van der Waals surface area contributed by atoms with Gasteiger partial charge in [0.05, 0.1) is 11.0 Å². The standard InChI is InChI=1S/C27H28N2O5S/c30-20-13-9-19(10-14-20)29-35(32,33)21-15-11-18(12-16-21)28-27(31)34-17-26-24-7-3-1-5-22(24)23-6-2-4-8-25(23)26/h1-8,11-12,15-16,19-20,26,29-30H,9-10,13-14,17H2,(H,28,31). The van der Waals surface area contributed by atoms with Gasteiger partial charge in [-0.2, -0.15) is 0 Å². The molecule has 35 heavy (non-hydrogen) atoms. The van der Waals surface area contributed by atoms with Crippen LogP contribution in [0, 0.1) is 0 Å². The maximum atomic E-state index is 12.7. The Kier molecular flexibility index (Phi) is 6.60. The third-order valence-corrected chi connectivity index (χ3v) is 8.31. The lowest BCUT2D eigenvalue weighted by atomic mass is 9.94. The van der Waals surface area contributed by atoms with Crippen LogP contribution in [0.25, 0.3) is 11.1 Å². The van der Waals surface area contributed by atoms with Gasteiger partial charge < -0.3 is 9.84 Å². The van der Waals surface area contributed by atoms with Gasteiger partial charge in [0.15, 0.2) is 0 Å². The van der Waals surface area contributed by atoms with Crippen molar-refractivity contribution in [1.82, 2.24) is 4.72 Å². The number of rotatable bonds is 6. The molecule has 0 atom stereocenters. The molecule has 1 saturated carbocycles. The van der Waals surface area contributed by atoms with Crippen molar-refractivity contribution in [3.05, 3.63) is 83.9 Å². The summed E-state index contributed by atoms with van der Waals surface area (Å²) < 4.78 is 33.6. The van der Waals surface area contributed by atoms with Gasteiger partial charge in [0.1, 0.15) is 6.61 Å². The second kappa shape index (κ2) is 9.81. The number of sulfonamides is 1. The summed E-state index contributed by atoms with van der Waals surface area (Å²) in [5.41, 5.74) is 5.04. The van der Waals surface area contributed by atoms with E-state index in [1.54, 1.807) is 12.1 Å². The van der Waals surface area contributed by atoms with Crippen LogP contribution in [0.2, 0.25) is 0 Å². The Hall–Kier alpha value is -3.20. The second-order valence-corrected chi connectivity index (χ2v) is 10.8. The Labute approximate surface area is 205 Å². The van der Waals surface area contributed by atoms with Gasteiger partial charge in [-0.15, -0.1) is 0 Å². The predicted molar refractivity (Wildman–Crippen MR) is 134 cm³/mol. The summed E-state index contributed by atoms with van der Waals surface area (Å²) in [5.74, 6) is -0.0346. The van der Waals surface area contributed by atoms with Crippen molar-refractivity contribution in [2.75, 3.05) is 11.9 Å². The van der Waals surface area contributed by atoms with Crippen LogP contribution in [0.5, 0.6) is 0 Å². The molecule has 0 aliphatic heterocycles. The molecule has 8 heteroatoms. The summed E-state index contributed by atoms with van der Waals surface area (Å²) in [7, 11) is -3.68. The number of hydrogen-bond donors (Lipinski definition) is 3. The average molecular weight is 493 g/mol. The summed E-state index contributed by atoms with van der Waals surface area (Å²) in [6, 6.07) is 22.1. The number of carbonyl (C=O) groups is 1. The fraction of sp³-hybridized carbons (Fsp3) is 0.296. The van der Waals surface area contributed by atoms with Crippen molar-refractivity contribution in [1.29, 1.82) is 0 Å². The highest BCUT2D eigenvalue weighted by molar-refractivity contribution is 7.89. The smallest absolute Gasteiger partial charge is 0.411 e. The Morgan fingerprint density at radius 3 is 2.03 bits per heavy atom. The summed E-state index contributed by atoms with van der Waals surface area (Å²) in [5, 5.41) is 12.3. The van der Waals surface area contributed by atoms with Gasteiger partial charge in [0.25, 0.3) is 0 Å². The largest absolute Gasteiger partial charge is 0.448 e. The monoisotopic (exact) mass is 492 g/mol. The number of carbonyl (C=O) groups excluding carboxylic acids is 1. The van der Waals surface area contributed by atoms with Crippen molar-refractivity contribution in [2.45, 2.75) is 48.6 Å². The highest BCUT2D eigenvalue weighted by Crippen LogP contribution is 2.44. The van der Waals surface area contributed by atoms with E-state index < -0.39 is 16.1 Å². The topological polar surface area (TPSA) is 105 Å². The zero-order chi connectivity index (χ0) is 24.4. The van der Waals surface area contributed by atoms with E-state index in [4.69, 9.17) is 4.74 Å².